The lowest BCUT2D eigenvalue weighted by Gasteiger charge is -2.73. The molecule has 1 atom stereocenters. The van der Waals surface area contributed by atoms with E-state index in [4.69, 9.17) is 11.2 Å². The molecule has 2 aromatic rings. The number of amides is 3. The predicted molar refractivity (Wildman–Crippen MR) is 127 cm³/mol. The number of halogens is 1. The summed E-state index contributed by atoms with van der Waals surface area (Å²) in [6, 6.07) is 13.8. The van der Waals surface area contributed by atoms with Crippen LogP contribution in [-0.2, 0) is 11.2 Å². The van der Waals surface area contributed by atoms with Gasteiger partial charge in [0, 0.05) is 18.6 Å². The van der Waals surface area contributed by atoms with Crippen LogP contribution in [0.2, 0.25) is 0 Å². The third-order valence-electron chi connectivity index (χ3n) is 7.55. The lowest BCUT2D eigenvalue weighted by molar-refractivity contribution is -0.163. The molecule has 3 amide bonds. The summed E-state index contributed by atoms with van der Waals surface area (Å²) in [6.45, 7) is 1.18. The Morgan fingerprint density at radius 3 is 2.60 bits per heavy atom. The van der Waals surface area contributed by atoms with Crippen molar-refractivity contribution in [1.82, 2.24) is 15.1 Å². The molecule has 0 saturated heterocycles. The van der Waals surface area contributed by atoms with E-state index in [0.717, 1.165) is 17.5 Å². The van der Waals surface area contributed by atoms with Gasteiger partial charge in [0.1, 0.15) is 12.4 Å². The van der Waals surface area contributed by atoms with Crippen molar-refractivity contribution in [2.24, 2.45) is 0 Å². The van der Waals surface area contributed by atoms with Crippen molar-refractivity contribution in [2.45, 2.75) is 42.8 Å². The van der Waals surface area contributed by atoms with Crippen LogP contribution in [0.25, 0.3) is 0 Å². The Hall–Kier alpha value is -3.57. The monoisotopic (exact) mass is 477 g/mol. The highest BCUT2D eigenvalue weighted by Crippen LogP contribution is 2.63. The maximum Gasteiger partial charge on any atom is 0.407 e. The zero-order chi connectivity index (χ0) is 24.6. The highest BCUT2D eigenvalue weighted by Gasteiger charge is 2.72. The van der Waals surface area contributed by atoms with Gasteiger partial charge in [-0.3, -0.25) is 0 Å². The van der Waals surface area contributed by atoms with E-state index in [-0.39, 0.29) is 37.6 Å². The van der Waals surface area contributed by atoms with Gasteiger partial charge < -0.3 is 25.0 Å². The molecule has 7 nitrogen and oxygen atoms in total. The average Bonchev–Trinajstić information content (AvgIpc) is 2.80. The smallest absolute Gasteiger partial charge is 0.407 e. The van der Waals surface area contributed by atoms with Crippen molar-refractivity contribution in [2.75, 3.05) is 26.3 Å². The van der Waals surface area contributed by atoms with Crippen LogP contribution in [0.15, 0.2) is 48.5 Å². The second-order valence-corrected chi connectivity index (χ2v) is 9.75. The van der Waals surface area contributed by atoms with Crippen LogP contribution in [0.1, 0.15) is 42.0 Å². The van der Waals surface area contributed by atoms with Crippen molar-refractivity contribution in [3.8, 4) is 12.3 Å². The highest BCUT2D eigenvalue weighted by atomic mass is 19.1. The normalized spacial score (nSPS) is 25.9. The summed E-state index contributed by atoms with van der Waals surface area (Å²) in [5.41, 5.74) is 2.22. The molecule has 0 radical (unpaired) electrons. The van der Waals surface area contributed by atoms with E-state index >= 15 is 0 Å². The Kier molecular flexibility index (Phi) is 5.89. The van der Waals surface area contributed by atoms with Gasteiger partial charge in [-0.2, -0.15) is 0 Å². The van der Waals surface area contributed by atoms with Gasteiger partial charge >= 0.3 is 12.1 Å². The largest absolute Gasteiger partial charge is 0.465 e. The number of benzene rings is 2. The van der Waals surface area contributed by atoms with Gasteiger partial charge in [-0.15, -0.1) is 6.42 Å². The van der Waals surface area contributed by atoms with Gasteiger partial charge in [0.05, 0.1) is 18.2 Å². The average molecular weight is 478 g/mol. The molecule has 4 aliphatic rings. The van der Waals surface area contributed by atoms with E-state index in [9.17, 15) is 19.1 Å². The molecule has 0 spiro atoms. The number of hydrogen-bond acceptors (Lipinski definition) is 3. The number of carbonyl (C=O) groups excluding carboxylic acids is 1. The molecule has 6 rings (SSSR count). The molecular formula is C27H28FN3O4. The maximum atomic E-state index is 13.6. The van der Waals surface area contributed by atoms with Crippen molar-refractivity contribution in [3.63, 3.8) is 0 Å². The maximum absolute atomic E-state index is 13.6. The van der Waals surface area contributed by atoms with E-state index in [1.165, 1.54) is 22.6 Å². The van der Waals surface area contributed by atoms with Gasteiger partial charge in [-0.1, -0.05) is 42.3 Å². The van der Waals surface area contributed by atoms with E-state index < -0.39 is 17.2 Å². The molecule has 1 heterocycles. The minimum absolute atomic E-state index is 0.147. The fourth-order valence-corrected chi connectivity index (χ4v) is 6.06. The van der Waals surface area contributed by atoms with Crippen LogP contribution in [0.3, 0.4) is 0 Å². The number of urea groups is 1. The van der Waals surface area contributed by atoms with E-state index in [0.29, 0.717) is 25.8 Å². The molecule has 1 unspecified atom stereocenters. The van der Waals surface area contributed by atoms with Crippen LogP contribution < -0.4 is 5.32 Å². The van der Waals surface area contributed by atoms with Crippen LogP contribution >= 0.6 is 0 Å². The number of carboxylic acid groups (broad SMARTS) is 1. The lowest BCUT2D eigenvalue weighted by Crippen LogP contribution is -2.84. The number of fused-ring (bicyclic) bond motifs is 1. The molecule has 3 fully saturated rings. The molecule has 1 aliphatic heterocycles. The number of nitrogens with zero attached hydrogens (tertiary/aromatic N) is 2. The molecule has 35 heavy (non-hydrogen) atoms. The Balaban J connectivity index is 1.28. The SMILES string of the molecule is C#CCOCCN(C(=O)O)C12CC(NC(=O)N3CCc4ccccc4C3c3ccc(F)cc3)(C1)C2. The van der Waals surface area contributed by atoms with Gasteiger partial charge in [0.2, 0.25) is 0 Å². The number of carbonyl (C=O) groups is 2. The summed E-state index contributed by atoms with van der Waals surface area (Å²) < 4.78 is 18.9. The third-order valence-corrected chi connectivity index (χ3v) is 7.55. The number of nitrogens with one attached hydrogen (secondary N) is 1. The third kappa shape index (κ3) is 4.10. The second-order valence-electron chi connectivity index (χ2n) is 9.75. The Labute approximate surface area is 203 Å². The molecular weight excluding hydrogens is 449 g/mol. The Morgan fingerprint density at radius 2 is 1.91 bits per heavy atom. The first kappa shape index (κ1) is 23.2. The second kappa shape index (κ2) is 8.90. The highest BCUT2D eigenvalue weighted by molar-refractivity contribution is 5.78. The molecule has 182 valence electrons. The Morgan fingerprint density at radius 1 is 1.20 bits per heavy atom. The summed E-state index contributed by atoms with van der Waals surface area (Å²) in [5, 5.41) is 12.9. The standard InChI is InChI=1S/C27H28FN3O4/c1-2-14-35-15-13-31(25(33)34)27-16-26(17-27,18-27)29-24(32)30-12-11-19-5-3-4-6-22(19)23(30)20-7-9-21(28)10-8-20/h1,3-10,23H,11-18H2,(H,29,32)(H,33,34). The van der Waals surface area contributed by atoms with Gasteiger partial charge in [-0.25, -0.2) is 14.0 Å². The first-order valence-corrected chi connectivity index (χ1v) is 11.8. The van der Waals surface area contributed by atoms with Crippen LogP contribution in [0, 0.1) is 18.2 Å². The molecule has 2 aromatic carbocycles. The van der Waals surface area contributed by atoms with Crippen molar-refractivity contribution in [1.29, 1.82) is 0 Å². The van der Waals surface area contributed by atoms with Gasteiger partial charge in [-0.05, 0) is 54.5 Å². The minimum atomic E-state index is -0.988. The van der Waals surface area contributed by atoms with E-state index in [2.05, 4.69) is 17.3 Å². The molecule has 3 saturated carbocycles. The molecule has 0 aromatic heterocycles. The summed E-state index contributed by atoms with van der Waals surface area (Å²) in [7, 11) is 0. The first-order valence-electron chi connectivity index (χ1n) is 11.8. The quantitative estimate of drug-likeness (QED) is 0.470. The summed E-state index contributed by atoms with van der Waals surface area (Å²) in [6.07, 6.45) is 6.67. The number of rotatable bonds is 7. The minimum Gasteiger partial charge on any atom is -0.465 e. The van der Waals surface area contributed by atoms with Crippen LogP contribution in [-0.4, -0.2) is 64.4 Å². The zero-order valence-electron chi connectivity index (χ0n) is 19.4. The molecule has 8 heteroatoms. The summed E-state index contributed by atoms with van der Waals surface area (Å²) in [5.74, 6) is 2.05. The molecule has 2 N–H and O–H groups in total. The fourth-order valence-electron chi connectivity index (χ4n) is 6.06. The van der Waals surface area contributed by atoms with Crippen molar-refractivity contribution >= 4 is 12.1 Å². The van der Waals surface area contributed by atoms with Crippen LogP contribution in [0.5, 0.6) is 0 Å². The van der Waals surface area contributed by atoms with Crippen molar-refractivity contribution < 1.29 is 23.8 Å². The van der Waals surface area contributed by atoms with Gasteiger partial charge in [0.25, 0.3) is 0 Å². The number of ether oxygens (including phenoxy) is 1. The Bertz CT molecular complexity index is 1160. The van der Waals surface area contributed by atoms with Crippen LogP contribution in [0.4, 0.5) is 14.0 Å². The predicted octanol–water partition coefficient (Wildman–Crippen LogP) is 3.79. The van der Waals surface area contributed by atoms with E-state index in [1.807, 2.05) is 23.1 Å². The van der Waals surface area contributed by atoms with E-state index in [1.54, 1.807) is 12.1 Å². The number of hydrogen-bond donors (Lipinski definition) is 2. The summed E-state index contributed by atoms with van der Waals surface area (Å²) >= 11 is 0. The molecule has 3 aliphatic carbocycles. The molecule has 2 bridgehead atoms. The first-order chi connectivity index (χ1) is 16.9. The summed E-state index contributed by atoms with van der Waals surface area (Å²) in [4.78, 5) is 28.6. The number of terminal acetylenes is 1. The fraction of sp³-hybridized carbons (Fsp3) is 0.407. The van der Waals surface area contributed by atoms with Gasteiger partial charge in [0.15, 0.2) is 0 Å². The topological polar surface area (TPSA) is 82.1 Å². The lowest BCUT2D eigenvalue weighted by atomic mass is 9.43. The van der Waals surface area contributed by atoms with Crippen molar-refractivity contribution in [3.05, 3.63) is 71.0 Å². The zero-order valence-corrected chi connectivity index (χ0v) is 19.4.